The first kappa shape index (κ1) is 50.2. The van der Waals surface area contributed by atoms with Gasteiger partial charge in [-0.15, -0.1) is 11.6 Å². The summed E-state index contributed by atoms with van der Waals surface area (Å²) in [7, 11) is 3.24. The first-order valence-corrected chi connectivity index (χ1v) is 25.9. The highest BCUT2D eigenvalue weighted by molar-refractivity contribution is 6.27. The number of carbonyl (C=O) groups excluding carboxylic acids is 2. The van der Waals surface area contributed by atoms with Gasteiger partial charge in [-0.05, 0) is 137 Å². The molecule has 0 spiro atoms. The van der Waals surface area contributed by atoms with Crippen LogP contribution in [0.25, 0.3) is 43.6 Å². The maximum atomic E-state index is 12.7. The predicted molar refractivity (Wildman–Crippen MR) is 284 cm³/mol. The van der Waals surface area contributed by atoms with Crippen molar-refractivity contribution in [2.24, 2.45) is 11.8 Å². The minimum atomic E-state index is -0.0112. The molecule has 0 aliphatic carbocycles. The molecule has 2 N–H and O–H groups in total. The molecule has 0 bridgehead atoms. The molecule has 3 fully saturated rings. The number of fused-ring (bicyclic) bond motifs is 4. The highest BCUT2D eigenvalue weighted by Crippen LogP contribution is 2.39. The number of amides is 2. The Morgan fingerprint density at radius 1 is 0.581 bits per heavy atom. The molecule has 7 heterocycles. The Labute approximate surface area is 434 Å². The van der Waals surface area contributed by atoms with E-state index in [9.17, 15) is 9.59 Å². The van der Waals surface area contributed by atoms with E-state index in [1.807, 2.05) is 84.3 Å². The number of nitrogens with zero attached hydrogens (tertiary/aromatic N) is 7. The molecule has 3 aliphatic rings. The average molecular weight is 1020 g/mol. The van der Waals surface area contributed by atoms with Crippen LogP contribution in [0.15, 0.2) is 85.5 Å². The SMILES string of the molecule is COc1cc2c(Oc3ccc4cc(C)[nH]c4c3)ncnc2cc1OCC1CCN(C(=O)CCl)CC1.COc1cc2c(Oc3ccc4cc(C)[nH]c4c3)ncnc2cc1OCC1CCN(C(=O)CN2CCCC2)CC1. The smallest absolute Gasteiger partial charge is 0.237 e. The van der Waals surface area contributed by atoms with E-state index in [1.54, 1.807) is 14.2 Å². The molecule has 4 aromatic heterocycles. The molecule has 18 heteroatoms. The second kappa shape index (κ2) is 22.8. The maximum Gasteiger partial charge on any atom is 0.237 e. The van der Waals surface area contributed by atoms with Crippen molar-refractivity contribution in [1.82, 2.24) is 44.6 Å². The van der Waals surface area contributed by atoms with Crippen molar-refractivity contribution in [3.8, 4) is 46.3 Å². The van der Waals surface area contributed by atoms with Crippen molar-refractivity contribution >= 4 is 67.0 Å². The average Bonchev–Trinajstić information content (AvgIpc) is 4.18. The molecule has 3 saturated heterocycles. The number of methoxy groups -OCH3 is 2. The number of carbonyl (C=O) groups is 2. The van der Waals surface area contributed by atoms with Gasteiger partial charge in [0.15, 0.2) is 23.0 Å². The Morgan fingerprint density at radius 2 is 1.04 bits per heavy atom. The van der Waals surface area contributed by atoms with Crippen LogP contribution in [0.3, 0.4) is 0 Å². The molecule has 74 heavy (non-hydrogen) atoms. The molecule has 0 radical (unpaired) electrons. The van der Waals surface area contributed by atoms with E-state index in [0.29, 0.717) is 96.5 Å². The number of benzene rings is 4. The minimum Gasteiger partial charge on any atom is -0.493 e. The number of rotatable bonds is 15. The first-order chi connectivity index (χ1) is 36.1. The Hall–Kier alpha value is -7.37. The summed E-state index contributed by atoms with van der Waals surface area (Å²) in [6.45, 7) is 10.8. The van der Waals surface area contributed by atoms with Crippen LogP contribution in [0.2, 0.25) is 0 Å². The van der Waals surface area contributed by atoms with Gasteiger partial charge < -0.3 is 48.2 Å². The monoisotopic (exact) mass is 1020 g/mol. The number of likely N-dealkylation sites (tertiary alicyclic amines) is 3. The lowest BCUT2D eigenvalue weighted by Crippen LogP contribution is -2.44. The summed E-state index contributed by atoms with van der Waals surface area (Å²) >= 11 is 5.67. The number of hydrogen-bond donors (Lipinski definition) is 2. The van der Waals surface area contributed by atoms with E-state index in [1.165, 1.54) is 25.5 Å². The zero-order valence-corrected chi connectivity index (χ0v) is 43.1. The largest absolute Gasteiger partial charge is 0.493 e. The molecule has 17 nitrogen and oxygen atoms in total. The van der Waals surface area contributed by atoms with Gasteiger partial charge in [-0.25, -0.2) is 19.9 Å². The van der Waals surface area contributed by atoms with Gasteiger partial charge >= 0.3 is 0 Å². The topological polar surface area (TPSA) is 182 Å². The van der Waals surface area contributed by atoms with Crippen LogP contribution < -0.4 is 28.4 Å². The zero-order chi connectivity index (χ0) is 51.1. The van der Waals surface area contributed by atoms with Crippen molar-refractivity contribution in [1.29, 1.82) is 0 Å². The normalized spacial score (nSPS) is 15.6. The number of nitrogens with one attached hydrogen (secondary N) is 2. The molecule has 8 aromatic rings. The zero-order valence-electron chi connectivity index (χ0n) is 42.3. The molecule has 386 valence electrons. The number of aromatic amines is 2. The van der Waals surface area contributed by atoms with Crippen molar-refractivity contribution in [3.05, 3.63) is 96.8 Å². The second-order valence-corrected chi connectivity index (χ2v) is 19.7. The summed E-state index contributed by atoms with van der Waals surface area (Å²) in [4.78, 5) is 54.8. The number of halogens is 1. The summed E-state index contributed by atoms with van der Waals surface area (Å²) in [6, 6.07) is 23.5. The molecule has 0 atom stereocenters. The Bertz CT molecular complexity index is 3270. The van der Waals surface area contributed by atoms with Gasteiger partial charge in [-0.1, -0.05) is 0 Å². The van der Waals surface area contributed by atoms with E-state index >= 15 is 0 Å². The molecule has 3 aliphatic heterocycles. The van der Waals surface area contributed by atoms with E-state index in [2.05, 4.69) is 46.9 Å². The third kappa shape index (κ3) is 11.7. The van der Waals surface area contributed by atoms with Crippen molar-refractivity contribution < 1.29 is 38.0 Å². The van der Waals surface area contributed by atoms with Crippen molar-refractivity contribution in [2.75, 3.05) is 79.1 Å². The molecule has 4 aromatic carbocycles. The van der Waals surface area contributed by atoms with Crippen LogP contribution in [-0.4, -0.2) is 136 Å². The minimum absolute atomic E-state index is 0.0112. The van der Waals surface area contributed by atoms with Crippen LogP contribution in [0.4, 0.5) is 0 Å². The van der Waals surface area contributed by atoms with Crippen molar-refractivity contribution in [3.63, 3.8) is 0 Å². The highest BCUT2D eigenvalue weighted by atomic mass is 35.5. The van der Waals surface area contributed by atoms with Gasteiger partial charge in [0, 0.05) is 72.9 Å². The van der Waals surface area contributed by atoms with E-state index in [4.69, 9.17) is 40.0 Å². The van der Waals surface area contributed by atoms with Crippen LogP contribution in [0.5, 0.6) is 46.3 Å². The van der Waals surface area contributed by atoms with Crippen LogP contribution >= 0.6 is 11.6 Å². The molecular formula is C56H62ClN9O8. The number of aryl methyl sites for hydroxylation is 2. The number of ether oxygens (including phenoxy) is 6. The van der Waals surface area contributed by atoms with Gasteiger partial charge in [0.25, 0.3) is 0 Å². The van der Waals surface area contributed by atoms with Crippen LogP contribution in [0, 0.1) is 25.7 Å². The fourth-order valence-corrected chi connectivity index (χ4v) is 10.2. The summed E-state index contributed by atoms with van der Waals surface area (Å²) < 4.78 is 36.0. The lowest BCUT2D eigenvalue weighted by molar-refractivity contribution is -0.133. The lowest BCUT2D eigenvalue weighted by Gasteiger charge is -2.33. The van der Waals surface area contributed by atoms with Gasteiger partial charge in [0.05, 0.1) is 55.8 Å². The molecule has 0 unspecified atom stereocenters. The summed E-state index contributed by atoms with van der Waals surface area (Å²) in [6.07, 6.45) is 9.02. The number of aromatic nitrogens is 6. The first-order valence-electron chi connectivity index (χ1n) is 25.4. The number of hydrogen-bond acceptors (Lipinski definition) is 13. The fourth-order valence-electron chi connectivity index (χ4n) is 10.1. The molecule has 2 amide bonds. The lowest BCUT2D eigenvalue weighted by atomic mass is 9.97. The van der Waals surface area contributed by atoms with Crippen LogP contribution in [0.1, 0.15) is 49.9 Å². The number of alkyl halides is 1. The quantitative estimate of drug-likeness (QED) is 0.0927. The van der Waals surface area contributed by atoms with E-state index < -0.39 is 0 Å². The number of piperidine rings is 2. The Kier molecular flexibility index (Phi) is 15.5. The predicted octanol–water partition coefficient (Wildman–Crippen LogP) is 10.0. The molecular weight excluding hydrogens is 962 g/mol. The van der Waals surface area contributed by atoms with Crippen molar-refractivity contribution in [2.45, 2.75) is 52.4 Å². The van der Waals surface area contributed by atoms with Gasteiger partial charge in [-0.3, -0.25) is 14.5 Å². The van der Waals surface area contributed by atoms with E-state index in [0.717, 1.165) is 101 Å². The number of H-pyrrole nitrogens is 2. The second-order valence-electron chi connectivity index (χ2n) is 19.4. The third-order valence-electron chi connectivity index (χ3n) is 14.2. The molecule has 0 saturated carbocycles. The highest BCUT2D eigenvalue weighted by Gasteiger charge is 2.27. The van der Waals surface area contributed by atoms with E-state index in [-0.39, 0.29) is 17.7 Å². The Balaban J connectivity index is 0.000000170. The maximum absolute atomic E-state index is 12.7. The summed E-state index contributed by atoms with van der Waals surface area (Å²) in [5.74, 6) is 5.74. The van der Waals surface area contributed by atoms with Gasteiger partial charge in [0.1, 0.15) is 30.0 Å². The fraction of sp³-hybridized carbons (Fsp3) is 0.393. The van der Waals surface area contributed by atoms with Gasteiger partial charge in [-0.2, -0.15) is 0 Å². The Morgan fingerprint density at radius 3 is 1.49 bits per heavy atom. The molecule has 11 rings (SSSR count). The van der Waals surface area contributed by atoms with Gasteiger partial charge in [0.2, 0.25) is 23.6 Å². The standard InChI is InChI=1S/C30H35N5O4.C26H27ClN4O4/c1-20-13-22-5-6-23(14-25(22)33-20)39-30-24-15-27(37-2)28(16-26(24)31-19-32-30)38-18-21-7-11-35(12-8-21)29(36)17-34-9-3-4-10-34;1-16-9-18-3-4-19(10-21(18)30-16)35-26-20-11-23(33-2)24(12-22(20)28-15-29-26)34-14-17-5-7-31(8-6-17)25(32)13-27/h5-6,13-16,19,21,33H,3-4,7-12,17-18H2,1-2H3;3-4,9-12,15,17,30H,5-8,13-14H2,1-2H3. The summed E-state index contributed by atoms with van der Waals surface area (Å²) in [5.41, 5.74) is 5.63. The third-order valence-corrected chi connectivity index (χ3v) is 14.4. The van der Waals surface area contributed by atoms with Crippen LogP contribution in [-0.2, 0) is 9.59 Å². The summed E-state index contributed by atoms with van der Waals surface area (Å²) in [5, 5.41) is 3.74.